The molecule has 20 heavy (non-hydrogen) atoms. The van der Waals surface area contributed by atoms with Crippen molar-refractivity contribution in [1.29, 1.82) is 0 Å². The Hall–Kier alpha value is -1.89. The van der Waals surface area contributed by atoms with Crippen LogP contribution < -0.4 is 14.8 Å². The lowest BCUT2D eigenvalue weighted by atomic mass is 10.2. The number of alkyl halides is 2. The Morgan fingerprint density at radius 3 is 2.75 bits per heavy atom. The number of benzene rings is 1. The molecule has 1 heterocycles. The van der Waals surface area contributed by atoms with Gasteiger partial charge in [0.05, 0.1) is 11.5 Å². The molecule has 7 heteroatoms. The third-order valence-electron chi connectivity index (χ3n) is 2.46. The van der Waals surface area contributed by atoms with Crippen LogP contribution in [0.3, 0.4) is 0 Å². The molecule has 0 aliphatic heterocycles. The van der Waals surface area contributed by atoms with Crippen molar-refractivity contribution in [2.24, 2.45) is 0 Å². The first kappa shape index (κ1) is 14.5. The maximum Gasteiger partial charge on any atom is 0.387 e. The molecule has 0 amide bonds. The van der Waals surface area contributed by atoms with Gasteiger partial charge in [-0.15, -0.1) is 0 Å². The Balaban J connectivity index is 2.33. The first-order chi connectivity index (χ1) is 9.63. The number of nitrogens with zero attached hydrogens (tertiary/aromatic N) is 1. The summed E-state index contributed by atoms with van der Waals surface area (Å²) in [5.41, 5.74) is 0.842. The zero-order valence-electron chi connectivity index (χ0n) is 11.0. The van der Waals surface area contributed by atoms with Crippen LogP contribution in [0.15, 0.2) is 24.4 Å². The number of aromatic nitrogens is 1. The molecule has 108 valence electrons. The van der Waals surface area contributed by atoms with Crippen LogP contribution in [0.2, 0.25) is 0 Å². The normalized spacial score (nSPS) is 10.7. The van der Waals surface area contributed by atoms with E-state index in [1.807, 2.05) is 0 Å². The second-order valence-electron chi connectivity index (χ2n) is 3.75. The van der Waals surface area contributed by atoms with Crippen LogP contribution in [0.25, 0.3) is 10.4 Å². The second kappa shape index (κ2) is 6.51. The van der Waals surface area contributed by atoms with Crippen LogP contribution in [-0.2, 0) is 0 Å². The Morgan fingerprint density at radius 1 is 1.35 bits per heavy atom. The van der Waals surface area contributed by atoms with Gasteiger partial charge in [-0.25, -0.2) is 4.98 Å². The van der Waals surface area contributed by atoms with Gasteiger partial charge in [0, 0.05) is 13.2 Å². The zero-order valence-corrected chi connectivity index (χ0v) is 11.8. The molecular weight excluding hydrogens is 286 g/mol. The van der Waals surface area contributed by atoms with E-state index >= 15 is 0 Å². The molecule has 4 nitrogen and oxygen atoms in total. The van der Waals surface area contributed by atoms with E-state index < -0.39 is 6.61 Å². The largest absolute Gasteiger partial charge is 0.490 e. The monoisotopic (exact) mass is 300 g/mol. The predicted molar refractivity (Wildman–Crippen MR) is 74.9 cm³/mol. The van der Waals surface area contributed by atoms with Gasteiger partial charge >= 0.3 is 6.61 Å². The van der Waals surface area contributed by atoms with Crippen LogP contribution in [-0.4, -0.2) is 25.3 Å². The Labute approximate surface area is 119 Å². The number of rotatable bonds is 6. The lowest BCUT2D eigenvalue weighted by Gasteiger charge is -2.12. The van der Waals surface area contributed by atoms with E-state index in [9.17, 15) is 8.78 Å². The molecule has 1 aromatic heterocycles. The lowest BCUT2D eigenvalue weighted by molar-refractivity contribution is -0.0514. The maximum atomic E-state index is 12.3. The van der Waals surface area contributed by atoms with Crippen molar-refractivity contribution in [2.75, 3.05) is 19.0 Å². The molecule has 1 aromatic carbocycles. The minimum Gasteiger partial charge on any atom is -0.490 e. The smallest absolute Gasteiger partial charge is 0.387 e. The number of hydrogen-bond acceptors (Lipinski definition) is 5. The zero-order chi connectivity index (χ0) is 14.5. The van der Waals surface area contributed by atoms with Gasteiger partial charge in [-0.05, 0) is 30.7 Å². The minimum atomic E-state index is -2.88. The van der Waals surface area contributed by atoms with E-state index in [0.29, 0.717) is 12.4 Å². The average molecular weight is 300 g/mol. The lowest BCUT2D eigenvalue weighted by Crippen LogP contribution is -2.04. The van der Waals surface area contributed by atoms with E-state index in [1.54, 1.807) is 32.3 Å². The summed E-state index contributed by atoms with van der Waals surface area (Å²) in [6.07, 6.45) is 1.72. The average Bonchev–Trinajstić information content (AvgIpc) is 2.89. The summed E-state index contributed by atoms with van der Waals surface area (Å²) in [4.78, 5) is 5.09. The van der Waals surface area contributed by atoms with Gasteiger partial charge in [0.25, 0.3) is 0 Å². The van der Waals surface area contributed by atoms with Gasteiger partial charge in [-0.2, -0.15) is 8.78 Å². The SMILES string of the molecule is CCOc1cc(-c2cnc(NC)s2)ccc1OC(F)F. The number of ether oxygens (including phenoxy) is 2. The van der Waals surface area contributed by atoms with Crippen molar-refractivity contribution in [3.8, 4) is 21.9 Å². The standard InChI is InChI=1S/C13H14F2N2O2S/c1-3-18-10-6-8(4-5-9(10)19-12(14)15)11-7-17-13(16-2)20-11/h4-7,12H,3H2,1-2H3,(H,16,17). The molecule has 2 rings (SSSR count). The molecule has 0 aliphatic carbocycles. The molecule has 0 bridgehead atoms. The van der Waals surface area contributed by atoms with Gasteiger partial charge in [-0.1, -0.05) is 11.3 Å². The molecular formula is C13H14F2N2O2S. The summed E-state index contributed by atoms with van der Waals surface area (Å²) in [6.45, 7) is -0.725. The molecule has 0 saturated heterocycles. The molecule has 0 aliphatic rings. The molecule has 0 unspecified atom stereocenters. The van der Waals surface area contributed by atoms with Crippen LogP contribution >= 0.6 is 11.3 Å². The summed E-state index contributed by atoms with van der Waals surface area (Å²) < 4.78 is 34.4. The minimum absolute atomic E-state index is 0.0314. The van der Waals surface area contributed by atoms with Crippen molar-refractivity contribution in [1.82, 2.24) is 4.98 Å². The fourth-order valence-corrected chi connectivity index (χ4v) is 2.41. The number of thiazole rings is 1. The highest BCUT2D eigenvalue weighted by molar-refractivity contribution is 7.18. The summed E-state index contributed by atoms with van der Waals surface area (Å²) in [6, 6.07) is 4.85. The van der Waals surface area contributed by atoms with E-state index in [2.05, 4.69) is 15.0 Å². The Kier molecular flexibility index (Phi) is 4.73. The van der Waals surface area contributed by atoms with E-state index in [-0.39, 0.29) is 5.75 Å². The summed E-state index contributed by atoms with van der Waals surface area (Å²) in [7, 11) is 1.79. The number of hydrogen-bond donors (Lipinski definition) is 1. The van der Waals surface area contributed by atoms with Crippen molar-refractivity contribution in [3.63, 3.8) is 0 Å². The predicted octanol–water partition coefficient (Wildman–Crippen LogP) is 3.85. The quantitative estimate of drug-likeness (QED) is 0.880. The third-order valence-corrected chi connectivity index (χ3v) is 3.53. The number of anilines is 1. The summed E-state index contributed by atoms with van der Waals surface area (Å²) in [5, 5.41) is 3.73. The van der Waals surface area contributed by atoms with Crippen LogP contribution in [0.4, 0.5) is 13.9 Å². The highest BCUT2D eigenvalue weighted by Crippen LogP contribution is 2.36. The topological polar surface area (TPSA) is 43.4 Å². The third kappa shape index (κ3) is 3.36. The van der Waals surface area contributed by atoms with Crippen LogP contribution in [0, 0.1) is 0 Å². The van der Waals surface area contributed by atoms with Crippen molar-refractivity contribution >= 4 is 16.5 Å². The molecule has 0 radical (unpaired) electrons. The summed E-state index contributed by atoms with van der Waals surface area (Å²) in [5.74, 6) is 0.327. The highest BCUT2D eigenvalue weighted by Gasteiger charge is 2.13. The second-order valence-corrected chi connectivity index (χ2v) is 4.78. The molecule has 1 N–H and O–H groups in total. The number of nitrogens with one attached hydrogen (secondary N) is 1. The van der Waals surface area contributed by atoms with Crippen molar-refractivity contribution in [2.45, 2.75) is 13.5 Å². The van der Waals surface area contributed by atoms with Gasteiger partial charge in [-0.3, -0.25) is 0 Å². The van der Waals surface area contributed by atoms with Gasteiger partial charge in [0.15, 0.2) is 16.6 Å². The fraction of sp³-hybridized carbons (Fsp3) is 0.308. The van der Waals surface area contributed by atoms with Crippen LogP contribution in [0.5, 0.6) is 11.5 Å². The van der Waals surface area contributed by atoms with Gasteiger partial charge in [0.2, 0.25) is 0 Å². The maximum absolute atomic E-state index is 12.3. The summed E-state index contributed by atoms with van der Waals surface area (Å²) >= 11 is 1.47. The molecule has 0 fully saturated rings. The molecule has 0 saturated carbocycles. The van der Waals surface area contributed by atoms with E-state index in [0.717, 1.165) is 15.6 Å². The molecule has 2 aromatic rings. The first-order valence-electron chi connectivity index (χ1n) is 5.99. The van der Waals surface area contributed by atoms with Gasteiger partial charge in [0.1, 0.15) is 0 Å². The van der Waals surface area contributed by atoms with Crippen molar-refractivity contribution < 1.29 is 18.3 Å². The van der Waals surface area contributed by atoms with E-state index in [1.165, 1.54) is 17.4 Å². The van der Waals surface area contributed by atoms with E-state index in [4.69, 9.17) is 4.74 Å². The number of halogens is 2. The first-order valence-corrected chi connectivity index (χ1v) is 6.81. The van der Waals surface area contributed by atoms with Crippen LogP contribution in [0.1, 0.15) is 6.92 Å². The Bertz CT molecular complexity index is 575. The molecule has 0 atom stereocenters. The Morgan fingerprint density at radius 2 is 2.15 bits per heavy atom. The fourth-order valence-electron chi connectivity index (χ4n) is 1.65. The van der Waals surface area contributed by atoms with Crippen molar-refractivity contribution in [3.05, 3.63) is 24.4 Å². The molecule has 0 spiro atoms. The van der Waals surface area contributed by atoms with Gasteiger partial charge < -0.3 is 14.8 Å². The highest BCUT2D eigenvalue weighted by atomic mass is 32.1.